The first-order valence-electron chi connectivity index (χ1n) is 9.41. The van der Waals surface area contributed by atoms with Gasteiger partial charge in [-0.1, -0.05) is 47.5 Å². The molecule has 0 aliphatic carbocycles. The Hall–Kier alpha value is -3.93. The molecular formula is C23H15Cl2N3O5. The Labute approximate surface area is 198 Å². The van der Waals surface area contributed by atoms with Gasteiger partial charge in [0.05, 0.1) is 32.4 Å². The van der Waals surface area contributed by atoms with E-state index in [1.165, 1.54) is 0 Å². The summed E-state index contributed by atoms with van der Waals surface area (Å²) in [5, 5.41) is 29.8. The van der Waals surface area contributed by atoms with Gasteiger partial charge in [-0.05, 0) is 29.8 Å². The molecule has 0 radical (unpaired) electrons. The third kappa shape index (κ3) is 5.47. The van der Waals surface area contributed by atoms with E-state index in [9.17, 15) is 24.8 Å². The van der Waals surface area contributed by atoms with Crippen molar-refractivity contribution in [3.05, 3.63) is 87.0 Å². The number of benzene rings is 2. The fourth-order valence-electron chi connectivity index (χ4n) is 3.10. The molecule has 2 aromatic carbocycles. The van der Waals surface area contributed by atoms with E-state index in [-0.39, 0.29) is 27.6 Å². The molecule has 10 heteroatoms. The second-order valence-electron chi connectivity index (χ2n) is 6.90. The first kappa shape index (κ1) is 23.7. The molecule has 1 atom stereocenters. The fourth-order valence-corrected chi connectivity index (χ4v) is 3.76. The molecular weight excluding hydrogens is 469 g/mol. The van der Waals surface area contributed by atoms with Crippen molar-refractivity contribution >= 4 is 41.0 Å². The van der Waals surface area contributed by atoms with Gasteiger partial charge < -0.3 is 15.5 Å². The molecule has 1 amide bonds. The second kappa shape index (κ2) is 10.1. The summed E-state index contributed by atoms with van der Waals surface area (Å²) in [6, 6.07) is 13.0. The molecule has 0 saturated carbocycles. The summed E-state index contributed by atoms with van der Waals surface area (Å²) in [4.78, 5) is 39.7. The van der Waals surface area contributed by atoms with Gasteiger partial charge in [0.25, 0.3) is 5.91 Å². The third-order valence-corrected chi connectivity index (χ3v) is 5.31. The molecule has 3 rings (SSSR count). The number of carbonyl (C=O) groups is 3. The molecule has 3 aromatic rings. The molecule has 0 bridgehead atoms. The van der Waals surface area contributed by atoms with Gasteiger partial charge in [-0.2, -0.15) is 5.26 Å². The second-order valence-corrected chi connectivity index (χ2v) is 7.71. The van der Waals surface area contributed by atoms with Gasteiger partial charge in [0.15, 0.2) is 0 Å². The highest BCUT2D eigenvalue weighted by molar-refractivity contribution is 6.40. The predicted octanol–water partition coefficient (Wildman–Crippen LogP) is 4.05. The molecule has 0 fully saturated rings. The SMILES string of the molecule is N#Cc1cccnc1-c1ccc(C[C@H](NC(=O)c2c(Cl)cc(C(=O)O)cc2Cl)C(=O)O)cc1. The number of hydrogen-bond donors (Lipinski definition) is 3. The van der Waals surface area contributed by atoms with Crippen LogP contribution >= 0.6 is 23.2 Å². The van der Waals surface area contributed by atoms with Crippen LogP contribution in [0.5, 0.6) is 0 Å². The highest BCUT2D eigenvalue weighted by Crippen LogP contribution is 2.27. The van der Waals surface area contributed by atoms with E-state index in [1.807, 2.05) is 0 Å². The number of aliphatic carboxylic acids is 1. The topological polar surface area (TPSA) is 140 Å². The normalized spacial score (nSPS) is 11.3. The van der Waals surface area contributed by atoms with Crippen LogP contribution in [0.25, 0.3) is 11.3 Å². The fraction of sp³-hybridized carbons (Fsp3) is 0.0870. The molecule has 0 spiro atoms. The maximum absolute atomic E-state index is 12.7. The van der Waals surface area contributed by atoms with Crippen molar-refractivity contribution < 1.29 is 24.6 Å². The van der Waals surface area contributed by atoms with Crippen molar-refractivity contribution in [2.45, 2.75) is 12.5 Å². The number of halogens is 2. The Balaban J connectivity index is 1.79. The van der Waals surface area contributed by atoms with Crippen LogP contribution in [0.3, 0.4) is 0 Å². The van der Waals surface area contributed by atoms with Gasteiger partial charge in [-0.15, -0.1) is 0 Å². The summed E-state index contributed by atoms with van der Waals surface area (Å²) in [6.07, 6.45) is 1.52. The zero-order chi connectivity index (χ0) is 24.1. The summed E-state index contributed by atoms with van der Waals surface area (Å²) in [5.74, 6) is -3.40. The number of nitrogens with zero attached hydrogens (tertiary/aromatic N) is 2. The maximum Gasteiger partial charge on any atom is 0.335 e. The Morgan fingerprint density at radius 2 is 1.70 bits per heavy atom. The number of hydrogen-bond acceptors (Lipinski definition) is 5. The van der Waals surface area contributed by atoms with E-state index in [1.54, 1.807) is 42.6 Å². The van der Waals surface area contributed by atoms with E-state index in [4.69, 9.17) is 28.3 Å². The molecule has 0 aliphatic heterocycles. The Morgan fingerprint density at radius 1 is 1.06 bits per heavy atom. The number of pyridine rings is 1. The van der Waals surface area contributed by atoms with Gasteiger partial charge in [-0.25, -0.2) is 9.59 Å². The maximum atomic E-state index is 12.7. The molecule has 0 aliphatic rings. The van der Waals surface area contributed by atoms with Gasteiger partial charge in [-0.3, -0.25) is 9.78 Å². The summed E-state index contributed by atoms with van der Waals surface area (Å²) in [5.41, 5.74) is 1.78. The first-order chi connectivity index (χ1) is 15.7. The summed E-state index contributed by atoms with van der Waals surface area (Å²) in [7, 11) is 0. The van der Waals surface area contributed by atoms with Crippen LogP contribution < -0.4 is 5.32 Å². The number of amides is 1. The summed E-state index contributed by atoms with van der Waals surface area (Å²) in [6.45, 7) is 0. The number of carboxylic acids is 2. The molecule has 33 heavy (non-hydrogen) atoms. The van der Waals surface area contributed by atoms with Crippen LogP contribution in [0.15, 0.2) is 54.7 Å². The van der Waals surface area contributed by atoms with Gasteiger partial charge in [0.2, 0.25) is 0 Å². The van der Waals surface area contributed by atoms with Crippen molar-refractivity contribution in [1.29, 1.82) is 5.26 Å². The molecule has 1 heterocycles. The van der Waals surface area contributed by atoms with E-state index in [0.717, 1.165) is 12.1 Å². The van der Waals surface area contributed by atoms with Gasteiger partial charge in [0.1, 0.15) is 12.1 Å². The van der Waals surface area contributed by atoms with E-state index < -0.39 is 23.9 Å². The number of nitrogens with one attached hydrogen (secondary N) is 1. The van der Waals surface area contributed by atoms with E-state index in [0.29, 0.717) is 22.4 Å². The van der Waals surface area contributed by atoms with Gasteiger partial charge in [0, 0.05) is 18.2 Å². The summed E-state index contributed by atoms with van der Waals surface area (Å²) < 4.78 is 0. The number of carbonyl (C=O) groups excluding carboxylic acids is 1. The lowest BCUT2D eigenvalue weighted by Crippen LogP contribution is -2.42. The van der Waals surface area contributed by atoms with Crippen LogP contribution in [0.1, 0.15) is 31.8 Å². The van der Waals surface area contributed by atoms with Crippen molar-refractivity contribution in [3.8, 4) is 17.3 Å². The smallest absolute Gasteiger partial charge is 0.335 e. The molecule has 3 N–H and O–H groups in total. The number of aromatic carboxylic acids is 1. The average molecular weight is 484 g/mol. The number of nitriles is 1. The zero-order valence-corrected chi connectivity index (χ0v) is 18.3. The van der Waals surface area contributed by atoms with Crippen molar-refractivity contribution in [3.63, 3.8) is 0 Å². The molecule has 0 saturated heterocycles. The number of aromatic nitrogens is 1. The van der Waals surface area contributed by atoms with E-state index in [2.05, 4.69) is 16.4 Å². The molecule has 8 nitrogen and oxygen atoms in total. The number of carboxylic acid groups (broad SMARTS) is 2. The Morgan fingerprint density at radius 3 is 2.24 bits per heavy atom. The van der Waals surface area contributed by atoms with Gasteiger partial charge >= 0.3 is 11.9 Å². The average Bonchev–Trinajstić information content (AvgIpc) is 2.78. The third-order valence-electron chi connectivity index (χ3n) is 4.71. The standard InChI is InChI=1S/C23H15Cl2N3O5/c24-16-9-15(22(30)31)10-17(25)19(16)21(29)28-18(23(32)33)8-12-3-5-13(6-4-12)20-14(11-26)2-1-7-27-20/h1-7,9-10,18H,8H2,(H,28,29)(H,30,31)(H,32,33)/t18-/m0/s1. The number of rotatable bonds is 7. The Kier molecular flexibility index (Phi) is 7.28. The van der Waals surface area contributed by atoms with Crippen LogP contribution in [0.4, 0.5) is 0 Å². The molecule has 1 aromatic heterocycles. The minimum absolute atomic E-state index is 0.0445. The van der Waals surface area contributed by atoms with Crippen molar-refractivity contribution in [2.24, 2.45) is 0 Å². The minimum Gasteiger partial charge on any atom is -0.480 e. The lowest BCUT2D eigenvalue weighted by molar-refractivity contribution is -0.139. The minimum atomic E-state index is -1.31. The zero-order valence-electron chi connectivity index (χ0n) is 16.8. The van der Waals surface area contributed by atoms with Crippen LogP contribution in [-0.2, 0) is 11.2 Å². The van der Waals surface area contributed by atoms with Crippen LogP contribution in [0, 0.1) is 11.3 Å². The highest BCUT2D eigenvalue weighted by Gasteiger charge is 2.25. The largest absolute Gasteiger partial charge is 0.480 e. The molecule has 0 unspecified atom stereocenters. The van der Waals surface area contributed by atoms with Crippen molar-refractivity contribution in [1.82, 2.24) is 10.3 Å². The lowest BCUT2D eigenvalue weighted by Gasteiger charge is -2.16. The highest BCUT2D eigenvalue weighted by atomic mass is 35.5. The Bertz CT molecular complexity index is 1260. The monoisotopic (exact) mass is 483 g/mol. The van der Waals surface area contributed by atoms with Crippen molar-refractivity contribution in [2.75, 3.05) is 0 Å². The first-order valence-corrected chi connectivity index (χ1v) is 10.2. The van der Waals surface area contributed by atoms with Crippen LogP contribution in [-0.4, -0.2) is 39.1 Å². The van der Waals surface area contributed by atoms with E-state index >= 15 is 0 Å². The van der Waals surface area contributed by atoms with Crippen LogP contribution in [0.2, 0.25) is 10.0 Å². The molecule has 166 valence electrons. The lowest BCUT2D eigenvalue weighted by atomic mass is 10.0. The quantitative estimate of drug-likeness (QED) is 0.460. The predicted molar refractivity (Wildman–Crippen MR) is 120 cm³/mol. The summed E-state index contributed by atoms with van der Waals surface area (Å²) >= 11 is 12.0.